The fourth-order valence-electron chi connectivity index (χ4n) is 4.70. The summed E-state index contributed by atoms with van der Waals surface area (Å²) in [5.41, 5.74) is 1.97. The van der Waals surface area contributed by atoms with Crippen molar-refractivity contribution in [2.45, 2.75) is 37.2 Å². The Morgan fingerprint density at radius 3 is 2.05 bits per heavy atom. The van der Waals surface area contributed by atoms with E-state index >= 15 is 0 Å². The largest absolute Gasteiger partial charge is 0.497 e. The highest BCUT2D eigenvalue weighted by Gasteiger charge is 2.34. The number of ether oxygens (including phenoxy) is 1. The maximum Gasteiger partial charge on any atom is 0.264 e. The van der Waals surface area contributed by atoms with Crippen LogP contribution < -0.4 is 14.4 Å². The Balaban J connectivity index is 1.78. The first-order valence-corrected chi connectivity index (χ1v) is 16.5. The van der Waals surface area contributed by atoms with Crippen molar-refractivity contribution in [2.75, 3.05) is 24.5 Å². The van der Waals surface area contributed by atoms with Crippen molar-refractivity contribution in [1.82, 2.24) is 10.2 Å². The molecule has 0 aromatic heterocycles. The number of methoxy groups -OCH3 is 1. The number of carbonyl (C=O) groups excluding carboxylic acids is 2. The third kappa shape index (κ3) is 8.48. The van der Waals surface area contributed by atoms with E-state index in [0.717, 1.165) is 26.3 Å². The first kappa shape index (κ1) is 32.8. The van der Waals surface area contributed by atoms with E-state index in [4.69, 9.17) is 4.74 Å². The molecule has 0 aliphatic rings. The van der Waals surface area contributed by atoms with Crippen LogP contribution in [-0.2, 0) is 32.6 Å². The molecule has 0 aliphatic carbocycles. The van der Waals surface area contributed by atoms with Gasteiger partial charge in [0.25, 0.3) is 10.0 Å². The van der Waals surface area contributed by atoms with Crippen LogP contribution in [0.1, 0.15) is 24.5 Å². The van der Waals surface area contributed by atoms with E-state index in [2.05, 4.69) is 21.2 Å². The Labute approximate surface area is 267 Å². The predicted octanol–water partition coefficient (Wildman–Crippen LogP) is 5.82. The minimum atomic E-state index is -4.16. The van der Waals surface area contributed by atoms with Crippen LogP contribution in [0, 0.1) is 0 Å². The molecular weight excluding hydrogens is 642 g/mol. The zero-order valence-electron chi connectivity index (χ0n) is 24.7. The lowest BCUT2D eigenvalue weighted by atomic mass is 10.0. The maximum absolute atomic E-state index is 14.4. The van der Waals surface area contributed by atoms with Crippen LogP contribution in [0.4, 0.5) is 5.69 Å². The Kier molecular flexibility index (Phi) is 11.6. The number of carbonyl (C=O) groups is 2. The number of nitrogens with one attached hydrogen (secondary N) is 1. The first-order chi connectivity index (χ1) is 21.2. The molecule has 230 valence electrons. The number of amides is 2. The summed E-state index contributed by atoms with van der Waals surface area (Å²) in [5, 5.41) is 2.95. The minimum absolute atomic E-state index is 0.0459. The number of hydrogen-bond acceptors (Lipinski definition) is 5. The molecule has 1 unspecified atom stereocenters. The molecule has 1 atom stereocenters. The van der Waals surface area contributed by atoms with E-state index in [-0.39, 0.29) is 23.8 Å². The number of hydrogen-bond donors (Lipinski definition) is 1. The Bertz CT molecular complexity index is 1620. The average molecular weight is 679 g/mol. The highest BCUT2D eigenvalue weighted by molar-refractivity contribution is 9.10. The van der Waals surface area contributed by atoms with E-state index in [1.54, 1.807) is 42.5 Å². The quantitative estimate of drug-likeness (QED) is 0.182. The van der Waals surface area contributed by atoms with Crippen molar-refractivity contribution < 1.29 is 22.7 Å². The van der Waals surface area contributed by atoms with E-state index in [1.165, 1.54) is 24.1 Å². The summed E-state index contributed by atoms with van der Waals surface area (Å²) >= 11 is 3.45. The third-order valence-corrected chi connectivity index (χ3v) is 9.37. The fraction of sp³-hybridized carbons (Fsp3) is 0.235. The molecule has 0 fully saturated rings. The summed E-state index contributed by atoms with van der Waals surface area (Å²) in [7, 11) is -2.64. The standard InChI is InChI=1S/C34H36BrN3O5S/c1-3-22-36-34(40)32(23-26-10-6-4-7-11-26)37(24-27-14-16-28(35)17-15-27)33(39)25-38(29-18-20-30(43-2)21-19-29)44(41,42)31-12-8-5-9-13-31/h4-21,32H,3,22-25H2,1-2H3,(H,36,40). The predicted molar refractivity (Wildman–Crippen MR) is 176 cm³/mol. The van der Waals surface area contributed by atoms with E-state index in [1.807, 2.05) is 61.5 Å². The number of sulfonamides is 1. The van der Waals surface area contributed by atoms with Gasteiger partial charge in [0.05, 0.1) is 17.7 Å². The van der Waals surface area contributed by atoms with Crippen LogP contribution >= 0.6 is 15.9 Å². The van der Waals surface area contributed by atoms with Crippen LogP contribution in [0.5, 0.6) is 5.75 Å². The second kappa shape index (κ2) is 15.5. The van der Waals surface area contributed by atoms with Gasteiger partial charge in [0.2, 0.25) is 11.8 Å². The summed E-state index contributed by atoms with van der Waals surface area (Å²) < 4.78 is 35.3. The molecule has 4 rings (SSSR count). The van der Waals surface area contributed by atoms with Gasteiger partial charge in [0.15, 0.2) is 0 Å². The molecule has 0 radical (unpaired) electrons. The summed E-state index contributed by atoms with van der Waals surface area (Å²) in [4.78, 5) is 29.6. The van der Waals surface area contributed by atoms with Gasteiger partial charge in [-0.25, -0.2) is 8.42 Å². The molecule has 1 N–H and O–H groups in total. The molecule has 8 nitrogen and oxygen atoms in total. The Morgan fingerprint density at radius 1 is 0.841 bits per heavy atom. The van der Waals surface area contributed by atoms with Gasteiger partial charge in [-0.15, -0.1) is 0 Å². The molecule has 0 saturated heterocycles. The van der Waals surface area contributed by atoms with Crippen molar-refractivity contribution in [3.05, 3.63) is 125 Å². The normalized spacial score (nSPS) is 11.8. The van der Waals surface area contributed by atoms with Crippen LogP contribution in [-0.4, -0.2) is 51.4 Å². The average Bonchev–Trinajstić information content (AvgIpc) is 3.05. The molecule has 2 amide bonds. The SMILES string of the molecule is CCCNC(=O)C(Cc1ccccc1)N(Cc1ccc(Br)cc1)C(=O)CN(c1ccc(OC)cc1)S(=O)(=O)c1ccccc1. The highest BCUT2D eigenvalue weighted by atomic mass is 79.9. The van der Waals surface area contributed by atoms with Gasteiger partial charge >= 0.3 is 0 Å². The molecule has 10 heteroatoms. The van der Waals surface area contributed by atoms with Crippen molar-refractivity contribution in [3.63, 3.8) is 0 Å². The van der Waals surface area contributed by atoms with Gasteiger partial charge < -0.3 is 15.0 Å². The Hall–Kier alpha value is -4.15. The lowest BCUT2D eigenvalue weighted by molar-refractivity contribution is -0.140. The summed E-state index contributed by atoms with van der Waals surface area (Å²) in [6, 6.07) is 30.5. The zero-order chi connectivity index (χ0) is 31.5. The molecule has 0 aliphatic heterocycles. The first-order valence-electron chi connectivity index (χ1n) is 14.3. The molecular formula is C34H36BrN3O5S. The number of halogens is 1. The van der Waals surface area contributed by atoms with Crippen LogP contribution in [0.15, 0.2) is 119 Å². The summed E-state index contributed by atoms with van der Waals surface area (Å²) in [5.74, 6) is -0.275. The van der Waals surface area contributed by atoms with Gasteiger partial charge in [0.1, 0.15) is 18.3 Å². The Morgan fingerprint density at radius 2 is 1.45 bits per heavy atom. The van der Waals surface area contributed by atoms with Gasteiger partial charge in [-0.2, -0.15) is 0 Å². The van der Waals surface area contributed by atoms with Gasteiger partial charge in [-0.05, 0) is 66.1 Å². The zero-order valence-corrected chi connectivity index (χ0v) is 27.1. The molecule has 0 saturated carbocycles. The molecule has 4 aromatic rings. The third-order valence-electron chi connectivity index (χ3n) is 7.06. The van der Waals surface area contributed by atoms with Crippen molar-refractivity contribution >= 4 is 43.5 Å². The lowest BCUT2D eigenvalue weighted by Gasteiger charge is -2.34. The van der Waals surface area contributed by atoms with Gasteiger partial charge in [-0.3, -0.25) is 13.9 Å². The van der Waals surface area contributed by atoms with E-state index in [9.17, 15) is 18.0 Å². The van der Waals surface area contributed by atoms with Crippen LogP contribution in [0.25, 0.3) is 0 Å². The smallest absolute Gasteiger partial charge is 0.264 e. The van der Waals surface area contributed by atoms with E-state index < -0.39 is 28.5 Å². The van der Waals surface area contributed by atoms with Crippen molar-refractivity contribution in [3.8, 4) is 5.75 Å². The fourth-order valence-corrected chi connectivity index (χ4v) is 6.40. The minimum Gasteiger partial charge on any atom is -0.497 e. The molecule has 4 aromatic carbocycles. The number of nitrogens with zero attached hydrogens (tertiary/aromatic N) is 2. The van der Waals surface area contributed by atoms with Gasteiger partial charge in [0, 0.05) is 24.0 Å². The number of rotatable bonds is 14. The lowest BCUT2D eigenvalue weighted by Crippen LogP contribution is -2.53. The highest BCUT2D eigenvalue weighted by Crippen LogP contribution is 2.27. The summed E-state index contributed by atoms with van der Waals surface area (Å²) in [6.45, 7) is 1.99. The monoisotopic (exact) mass is 677 g/mol. The second-order valence-corrected chi connectivity index (χ2v) is 12.9. The molecule has 0 heterocycles. The topological polar surface area (TPSA) is 96.0 Å². The van der Waals surface area contributed by atoms with Crippen molar-refractivity contribution in [2.24, 2.45) is 0 Å². The number of benzene rings is 4. The summed E-state index contributed by atoms with van der Waals surface area (Å²) in [6.07, 6.45) is 0.984. The van der Waals surface area contributed by atoms with E-state index in [0.29, 0.717) is 18.0 Å². The maximum atomic E-state index is 14.4. The van der Waals surface area contributed by atoms with Crippen molar-refractivity contribution in [1.29, 1.82) is 0 Å². The molecule has 44 heavy (non-hydrogen) atoms. The van der Waals surface area contributed by atoms with Crippen LogP contribution in [0.2, 0.25) is 0 Å². The van der Waals surface area contributed by atoms with Gasteiger partial charge in [-0.1, -0.05) is 83.5 Å². The molecule has 0 spiro atoms. The molecule has 0 bridgehead atoms. The van der Waals surface area contributed by atoms with Crippen LogP contribution in [0.3, 0.4) is 0 Å². The number of anilines is 1. The second-order valence-electron chi connectivity index (χ2n) is 10.2.